The molecule has 7 nitrogen and oxygen atoms in total. The Morgan fingerprint density at radius 1 is 1.13 bits per heavy atom. The second-order valence-electron chi connectivity index (χ2n) is 7.04. The molecule has 1 N–H and O–H groups in total. The van der Waals surface area contributed by atoms with Crippen molar-refractivity contribution in [1.82, 2.24) is 4.90 Å². The highest BCUT2D eigenvalue weighted by Crippen LogP contribution is 2.41. The van der Waals surface area contributed by atoms with Crippen LogP contribution in [0, 0.1) is 10.1 Å². The van der Waals surface area contributed by atoms with Crippen molar-refractivity contribution in [3.05, 3.63) is 61.4 Å². The lowest BCUT2D eigenvalue weighted by molar-refractivity contribution is -0.382. The molecule has 1 fully saturated rings. The van der Waals surface area contributed by atoms with E-state index in [4.69, 9.17) is 23.2 Å². The zero-order valence-electron chi connectivity index (χ0n) is 16.0. The van der Waals surface area contributed by atoms with E-state index in [1.807, 2.05) is 0 Å². The predicted octanol–water partition coefficient (Wildman–Crippen LogP) is 5.12. The minimum atomic E-state index is -0.473. The summed E-state index contributed by atoms with van der Waals surface area (Å²) < 4.78 is 0.378. The Balaban J connectivity index is 1.68. The van der Waals surface area contributed by atoms with Crippen molar-refractivity contribution in [3.63, 3.8) is 0 Å². The van der Waals surface area contributed by atoms with Crippen molar-refractivity contribution in [1.29, 1.82) is 0 Å². The number of halogens is 2. The van der Waals surface area contributed by atoms with Crippen LogP contribution in [0.15, 0.2) is 36.4 Å². The number of carbonyl (C=O) groups is 1. The number of carbonyl (C=O) groups excluding carboxylic acids is 1. The fourth-order valence-electron chi connectivity index (χ4n) is 3.51. The summed E-state index contributed by atoms with van der Waals surface area (Å²) in [6, 6.07) is 9.99. The summed E-state index contributed by atoms with van der Waals surface area (Å²) in [5.41, 5.74) is 1.28. The van der Waals surface area contributed by atoms with Gasteiger partial charge in [-0.2, -0.15) is 0 Å². The Bertz CT molecular complexity index is 1140. The smallest absolute Gasteiger partial charge is 0.287 e. The largest absolute Gasteiger partial charge is 0.366 e. The minimum absolute atomic E-state index is 0.0701. The van der Waals surface area contributed by atoms with E-state index in [-0.39, 0.29) is 15.6 Å². The van der Waals surface area contributed by atoms with Crippen LogP contribution < -0.4 is 10.2 Å². The lowest BCUT2D eigenvalue weighted by atomic mass is 10.2. The van der Waals surface area contributed by atoms with Crippen molar-refractivity contribution in [2.75, 3.05) is 43.4 Å². The van der Waals surface area contributed by atoms with E-state index in [0.29, 0.717) is 20.8 Å². The summed E-state index contributed by atoms with van der Waals surface area (Å²) in [4.78, 5) is 28.5. The lowest BCUT2D eigenvalue weighted by Gasteiger charge is -2.35. The number of nitro benzene ring substituents is 1. The third-order valence-corrected chi connectivity index (χ3v) is 7.13. The van der Waals surface area contributed by atoms with Gasteiger partial charge in [-0.3, -0.25) is 14.9 Å². The number of non-ortho nitro benzene ring substituents is 1. The van der Waals surface area contributed by atoms with Crippen molar-refractivity contribution in [2.45, 2.75) is 0 Å². The van der Waals surface area contributed by atoms with Crippen LogP contribution in [-0.2, 0) is 0 Å². The number of amides is 1. The number of para-hydroxylation sites is 1. The van der Waals surface area contributed by atoms with Crippen LogP contribution in [0.5, 0.6) is 0 Å². The van der Waals surface area contributed by atoms with Crippen LogP contribution in [0.2, 0.25) is 10.0 Å². The van der Waals surface area contributed by atoms with Crippen LogP contribution >= 0.6 is 34.5 Å². The number of rotatable bonds is 4. The van der Waals surface area contributed by atoms with E-state index < -0.39 is 10.8 Å². The Labute approximate surface area is 186 Å². The second kappa shape index (κ2) is 8.39. The van der Waals surface area contributed by atoms with Crippen molar-refractivity contribution < 1.29 is 9.72 Å². The first-order chi connectivity index (χ1) is 14.4. The normalized spacial score (nSPS) is 14.8. The average molecular weight is 465 g/mol. The van der Waals surface area contributed by atoms with Crippen molar-refractivity contribution in [3.8, 4) is 0 Å². The minimum Gasteiger partial charge on any atom is -0.366 e. The van der Waals surface area contributed by atoms with Crippen LogP contribution in [0.4, 0.5) is 17.1 Å². The van der Waals surface area contributed by atoms with E-state index in [0.717, 1.165) is 43.2 Å². The third kappa shape index (κ3) is 3.83. The maximum atomic E-state index is 13.1. The van der Waals surface area contributed by atoms with Gasteiger partial charge in [0, 0.05) is 37.6 Å². The summed E-state index contributed by atoms with van der Waals surface area (Å²) in [6.07, 6.45) is 0. The molecule has 0 aliphatic carbocycles. The van der Waals surface area contributed by atoms with Gasteiger partial charge < -0.3 is 15.1 Å². The fourth-order valence-corrected chi connectivity index (χ4v) is 5.29. The quantitative estimate of drug-likeness (QED) is 0.428. The van der Waals surface area contributed by atoms with E-state index in [2.05, 4.69) is 22.2 Å². The summed E-state index contributed by atoms with van der Waals surface area (Å²) in [6.45, 7) is 3.37. The van der Waals surface area contributed by atoms with Gasteiger partial charge in [0.05, 0.1) is 26.3 Å². The highest BCUT2D eigenvalue weighted by atomic mass is 35.5. The number of nitrogens with one attached hydrogen (secondary N) is 1. The molecule has 0 bridgehead atoms. The zero-order valence-corrected chi connectivity index (χ0v) is 18.4. The lowest BCUT2D eigenvalue weighted by Crippen LogP contribution is -2.44. The molecule has 156 valence electrons. The molecular weight excluding hydrogens is 447 g/mol. The number of piperazine rings is 1. The van der Waals surface area contributed by atoms with Crippen LogP contribution in [0.3, 0.4) is 0 Å². The maximum absolute atomic E-state index is 13.1. The first-order valence-electron chi connectivity index (χ1n) is 9.25. The van der Waals surface area contributed by atoms with Gasteiger partial charge >= 0.3 is 0 Å². The Hall–Kier alpha value is -2.39. The number of likely N-dealkylation sites (N-methyl/N-ethyl adjacent to an activating group) is 1. The fraction of sp³-hybridized carbons (Fsp3) is 0.250. The van der Waals surface area contributed by atoms with Crippen molar-refractivity contribution >= 4 is 67.6 Å². The number of benzene rings is 2. The molecule has 1 aliphatic rings. The molecule has 0 spiro atoms. The molecule has 2 heterocycles. The third-order valence-electron chi connectivity index (χ3n) is 5.09. The Morgan fingerprint density at radius 2 is 1.83 bits per heavy atom. The summed E-state index contributed by atoms with van der Waals surface area (Å²) >= 11 is 13.9. The van der Waals surface area contributed by atoms with Gasteiger partial charge in [-0.15, -0.1) is 11.3 Å². The summed E-state index contributed by atoms with van der Waals surface area (Å²) in [5.74, 6) is -0.423. The number of fused-ring (bicyclic) bond motifs is 1. The molecule has 0 radical (unpaired) electrons. The topological polar surface area (TPSA) is 78.7 Å². The van der Waals surface area contributed by atoms with Crippen molar-refractivity contribution in [2.24, 2.45) is 0 Å². The van der Waals surface area contributed by atoms with Gasteiger partial charge in [0.25, 0.3) is 11.6 Å². The molecular formula is C20H18Cl2N4O3S. The summed E-state index contributed by atoms with van der Waals surface area (Å²) in [7, 11) is 2.06. The Kier molecular flexibility index (Phi) is 5.84. The number of nitrogens with zero attached hydrogens (tertiary/aromatic N) is 3. The maximum Gasteiger partial charge on any atom is 0.287 e. The zero-order chi connectivity index (χ0) is 21.4. The molecule has 4 rings (SSSR count). The number of hydrogen-bond donors (Lipinski definition) is 1. The summed E-state index contributed by atoms with van der Waals surface area (Å²) in [5, 5.41) is 15.5. The number of anilines is 2. The van der Waals surface area contributed by atoms with Gasteiger partial charge in [-0.05, 0) is 19.2 Å². The first kappa shape index (κ1) is 20.9. The standard InChI is InChI=1S/C20H18Cl2N4O3S/c1-24-8-10-25(11-9-24)17-13(21)5-3-6-14(17)23-20(27)19-16(22)12-4-2-7-15(26(28)29)18(12)30-19/h2-7H,8-11H2,1H3,(H,23,27). The molecule has 1 amide bonds. The molecule has 0 saturated carbocycles. The first-order valence-corrected chi connectivity index (χ1v) is 10.8. The second-order valence-corrected chi connectivity index (χ2v) is 8.84. The monoisotopic (exact) mass is 464 g/mol. The molecule has 0 atom stereocenters. The highest BCUT2D eigenvalue weighted by molar-refractivity contribution is 7.22. The SMILES string of the molecule is CN1CCN(c2c(Cl)cccc2NC(=O)c2sc3c([N+](=O)[O-])cccc3c2Cl)CC1. The van der Waals surface area contributed by atoms with E-state index in [1.165, 1.54) is 6.07 Å². The molecule has 10 heteroatoms. The molecule has 2 aromatic carbocycles. The number of thiophene rings is 1. The van der Waals surface area contributed by atoms with E-state index >= 15 is 0 Å². The van der Waals surface area contributed by atoms with Gasteiger partial charge in [0.1, 0.15) is 9.58 Å². The van der Waals surface area contributed by atoms with Gasteiger partial charge in [-0.25, -0.2) is 0 Å². The number of hydrogen-bond acceptors (Lipinski definition) is 6. The van der Waals surface area contributed by atoms with Crippen LogP contribution in [0.25, 0.3) is 10.1 Å². The average Bonchev–Trinajstić information content (AvgIpc) is 3.06. The Morgan fingerprint density at radius 3 is 2.53 bits per heavy atom. The molecule has 1 saturated heterocycles. The van der Waals surface area contributed by atoms with Gasteiger partial charge in [0.2, 0.25) is 0 Å². The van der Waals surface area contributed by atoms with Gasteiger partial charge in [-0.1, -0.05) is 41.4 Å². The van der Waals surface area contributed by atoms with Gasteiger partial charge in [0.15, 0.2) is 0 Å². The molecule has 1 aromatic heterocycles. The van der Waals surface area contributed by atoms with E-state index in [9.17, 15) is 14.9 Å². The van der Waals surface area contributed by atoms with Crippen LogP contribution in [-0.4, -0.2) is 49.0 Å². The molecule has 3 aromatic rings. The molecule has 0 unspecified atom stereocenters. The highest BCUT2D eigenvalue weighted by Gasteiger charge is 2.25. The predicted molar refractivity (Wildman–Crippen MR) is 123 cm³/mol. The van der Waals surface area contributed by atoms with Crippen LogP contribution in [0.1, 0.15) is 9.67 Å². The molecule has 1 aliphatic heterocycles. The molecule has 30 heavy (non-hydrogen) atoms. The van der Waals surface area contributed by atoms with E-state index in [1.54, 1.807) is 30.3 Å². The number of nitro groups is 1.